The molecule has 0 unspecified atom stereocenters. The highest BCUT2D eigenvalue weighted by molar-refractivity contribution is 7.91. The third-order valence-corrected chi connectivity index (χ3v) is 3.68. The van der Waals surface area contributed by atoms with Crippen LogP contribution in [0.4, 0.5) is 0 Å². The van der Waals surface area contributed by atoms with Crippen molar-refractivity contribution in [2.45, 2.75) is 38.9 Å². The van der Waals surface area contributed by atoms with E-state index in [9.17, 15) is 8.42 Å². The third-order valence-electron chi connectivity index (χ3n) is 1.97. The number of hydrogen-bond donors (Lipinski definition) is 0. The standard InChI is InChI=1S/C8H16O3S/c1-7(2)11-8-3-5-12(9,10)6-4-8/h7-8H,3-6H2,1-2H3. The summed E-state index contributed by atoms with van der Waals surface area (Å²) in [5.41, 5.74) is 0. The fraction of sp³-hybridized carbons (Fsp3) is 1.00. The van der Waals surface area contributed by atoms with Gasteiger partial charge in [0.05, 0.1) is 23.7 Å². The molecule has 0 radical (unpaired) electrons. The summed E-state index contributed by atoms with van der Waals surface area (Å²) in [6.07, 6.45) is 1.70. The van der Waals surface area contributed by atoms with E-state index >= 15 is 0 Å². The van der Waals surface area contributed by atoms with E-state index in [0.29, 0.717) is 24.3 Å². The molecule has 0 atom stereocenters. The lowest BCUT2D eigenvalue weighted by Gasteiger charge is -2.24. The minimum Gasteiger partial charge on any atom is -0.375 e. The van der Waals surface area contributed by atoms with E-state index in [1.807, 2.05) is 13.8 Å². The molecule has 1 aliphatic heterocycles. The van der Waals surface area contributed by atoms with Crippen LogP contribution in [-0.2, 0) is 14.6 Å². The van der Waals surface area contributed by atoms with Gasteiger partial charge in [-0.3, -0.25) is 0 Å². The molecule has 0 aromatic heterocycles. The smallest absolute Gasteiger partial charge is 0.150 e. The van der Waals surface area contributed by atoms with Gasteiger partial charge in [-0.25, -0.2) is 8.42 Å². The fourth-order valence-corrected chi connectivity index (χ4v) is 2.84. The number of ether oxygens (including phenoxy) is 1. The average molecular weight is 192 g/mol. The van der Waals surface area contributed by atoms with Gasteiger partial charge in [-0.2, -0.15) is 0 Å². The van der Waals surface area contributed by atoms with E-state index in [4.69, 9.17) is 4.74 Å². The van der Waals surface area contributed by atoms with Crippen LogP contribution in [0.15, 0.2) is 0 Å². The van der Waals surface area contributed by atoms with Crippen molar-refractivity contribution in [3.63, 3.8) is 0 Å². The van der Waals surface area contributed by atoms with Crippen molar-refractivity contribution in [1.29, 1.82) is 0 Å². The molecular formula is C8H16O3S. The van der Waals surface area contributed by atoms with Crippen molar-refractivity contribution in [3.05, 3.63) is 0 Å². The second-order valence-corrected chi connectivity index (χ2v) is 5.84. The number of sulfone groups is 1. The van der Waals surface area contributed by atoms with Gasteiger partial charge >= 0.3 is 0 Å². The molecule has 1 saturated heterocycles. The van der Waals surface area contributed by atoms with Gasteiger partial charge in [0.15, 0.2) is 9.84 Å². The predicted octanol–water partition coefficient (Wildman–Crippen LogP) is 0.989. The summed E-state index contributed by atoms with van der Waals surface area (Å²) in [7, 11) is -2.73. The number of hydrogen-bond acceptors (Lipinski definition) is 3. The van der Waals surface area contributed by atoms with E-state index in [1.165, 1.54) is 0 Å². The lowest BCUT2D eigenvalue weighted by atomic mass is 10.2. The Morgan fingerprint density at radius 3 is 2.17 bits per heavy atom. The van der Waals surface area contributed by atoms with Crippen molar-refractivity contribution in [2.24, 2.45) is 0 Å². The highest BCUT2D eigenvalue weighted by Gasteiger charge is 2.24. The van der Waals surface area contributed by atoms with Gasteiger partial charge in [-0.05, 0) is 26.7 Å². The first-order chi connectivity index (χ1) is 5.49. The highest BCUT2D eigenvalue weighted by Crippen LogP contribution is 2.16. The Morgan fingerprint density at radius 1 is 1.25 bits per heavy atom. The van der Waals surface area contributed by atoms with Crippen molar-refractivity contribution in [2.75, 3.05) is 11.5 Å². The van der Waals surface area contributed by atoms with Crippen molar-refractivity contribution in [1.82, 2.24) is 0 Å². The van der Waals surface area contributed by atoms with Gasteiger partial charge < -0.3 is 4.74 Å². The Kier molecular flexibility index (Phi) is 3.12. The summed E-state index contributed by atoms with van der Waals surface area (Å²) in [5, 5.41) is 0. The molecular weight excluding hydrogens is 176 g/mol. The molecule has 1 rings (SSSR count). The molecule has 3 nitrogen and oxygen atoms in total. The van der Waals surface area contributed by atoms with Gasteiger partial charge in [-0.15, -0.1) is 0 Å². The lowest BCUT2D eigenvalue weighted by Crippen LogP contribution is -2.30. The zero-order chi connectivity index (χ0) is 9.19. The van der Waals surface area contributed by atoms with Crippen LogP contribution in [0.1, 0.15) is 26.7 Å². The fourth-order valence-electron chi connectivity index (χ4n) is 1.39. The molecule has 1 fully saturated rings. The molecule has 0 bridgehead atoms. The summed E-state index contributed by atoms with van der Waals surface area (Å²) in [5.74, 6) is 0.592. The highest BCUT2D eigenvalue weighted by atomic mass is 32.2. The largest absolute Gasteiger partial charge is 0.375 e. The molecule has 72 valence electrons. The second kappa shape index (κ2) is 3.75. The predicted molar refractivity (Wildman–Crippen MR) is 47.9 cm³/mol. The zero-order valence-electron chi connectivity index (χ0n) is 7.62. The monoisotopic (exact) mass is 192 g/mol. The Morgan fingerprint density at radius 2 is 1.75 bits per heavy atom. The summed E-state index contributed by atoms with van der Waals surface area (Å²) >= 11 is 0. The van der Waals surface area contributed by atoms with Crippen LogP contribution in [0.25, 0.3) is 0 Å². The van der Waals surface area contributed by atoms with E-state index in [2.05, 4.69) is 0 Å². The van der Waals surface area contributed by atoms with Crippen LogP contribution in [-0.4, -0.2) is 32.1 Å². The lowest BCUT2D eigenvalue weighted by molar-refractivity contribution is 0.00306. The average Bonchev–Trinajstić information content (AvgIpc) is 1.93. The second-order valence-electron chi connectivity index (χ2n) is 3.54. The molecule has 0 N–H and O–H groups in total. The quantitative estimate of drug-likeness (QED) is 0.655. The van der Waals surface area contributed by atoms with Crippen molar-refractivity contribution in [3.8, 4) is 0 Å². The molecule has 1 heterocycles. The van der Waals surface area contributed by atoms with Crippen molar-refractivity contribution < 1.29 is 13.2 Å². The van der Waals surface area contributed by atoms with E-state index < -0.39 is 9.84 Å². The maximum atomic E-state index is 11.0. The third kappa shape index (κ3) is 3.11. The maximum absolute atomic E-state index is 11.0. The van der Waals surface area contributed by atoms with Gasteiger partial charge in [0.25, 0.3) is 0 Å². The minimum atomic E-state index is -2.73. The van der Waals surface area contributed by atoms with Crippen LogP contribution in [0.2, 0.25) is 0 Å². The summed E-state index contributed by atoms with van der Waals surface area (Å²) in [4.78, 5) is 0. The first-order valence-electron chi connectivity index (χ1n) is 4.35. The number of rotatable bonds is 2. The van der Waals surface area contributed by atoms with Crippen LogP contribution in [0.3, 0.4) is 0 Å². The SMILES string of the molecule is CC(C)OC1CCS(=O)(=O)CC1. The van der Waals surface area contributed by atoms with Gasteiger partial charge in [0.1, 0.15) is 0 Å². The molecule has 4 heteroatoms. The molecule has 12 heavy (non-hydrogen) atoms. The van der Waals surface area contributed by atoms with E-state index in [1.54, 1.807) is 0 Å². The molecule has 0 aliphatic carbocycles. The molecule has 0 amide bonds. The zero-order valence-corrected chi connectivity index (χ0v) is 8.43. The van der Waals surface area contributed by atoms with Crippen LogP contribution in [0, 0.1) is 0 Å². The first-order valence-corrected chi connectivity index (χ1v) is 6.17. The van der Waals surface area contributed by atoms with E-state index in [-0.39, 0.29) is 12.2 Å². The van der Waals surface area contributed by atoms with Gasteiger partial charge in [-0.1, -0.05) is 0 Å². The van der Waals surface area contributed by atoms with Gasteiger partial charge in [0, 0.05) is 0 Å². The topological polar surface area (TPSA) is 43.4 Å². The minimum absolute atomic E-state index is 0.161. The van der Waals surface area contributed by atoms with Crippen molar-refractivity contribution >= 4 is 9.84 Å². The Labute approximate surface area is 74.0 Å². The molecule has 1 aliphatic rings. The normalized spacial score (nSPS) is 24.6. The summed E-state index contributed by atoms with van der Waals surface area (Å²) < 4.78 is 27.6. The maximum Gasteiger partial charge on any atom is 0.150 e. The Bertz CT molecular complexity index is 217. The first kappa shape index (κ1) is 9.99. The molecule has 0 spiro atoms. The van der Waals surface area contributed by atoms with E-state index in [0.717, 1.165) is 0 Å². The van der Waals surface area contributed by atoms with Gasteiger partial charge in [0.2, 0.25) is 0 Å². The van der Waals surface area contributed by atoms with Crippen LogP contribution < -0.4 is 0 Å². The Hall–Kier alpha value is -0.0900. The molecule has 0 aromatic rings. The summed E-state index contributed by atoms with van der Waals surface area (Å²) in [6, 6.07) is 0. The van der Waals surface area contributed by atoms with Crippen LogP contribution >= 0.6 is 0 Å². The Balaban J connectivity index is 2.36. The van der Waals surface area contributed by atoms with Crippen LogP contribution in [0.5, 0.6) is 0 Å². The molecule has 0 saturated carbocycles. The summed E-state index contributed by atoms with van der Waals surface area (Å²) in [6.45, 7) is 3.95. The molecule has 0 aromatic carbocycles.